The summed E-state index contributed by atoms with van der Waals surface area (Å²) in [7, 11) is 0. The highest BCUT2D eigenvalue weighted by molar-refractivity contribution is 5.70. The van der Waals surface area contributed by atoms with Gasteiger partial charge in [0, 0.05) is 11.9 Å². The van der Waals surface area contributed by atoms with Crippen molar-refractivity contribution in [3.8, 4) is 5.88 Å². The summed E-state index contributed by atoms with van der Waals surface area (Å²) in [5.74, 6) is -1.03. The molecular formula is C26H23F3N2O4. The van der Waals surface area contributed by atoms with E-state index in [1.807, 2.05) is 30.3 Å². The van der Waals surface area contributed by atoms with Crippen LogP contribution >= 0.6 is 0 Å². The van der Waals surface area contributed by atoms with E-state index in [9.17, 15) is 18.0 Å². The molecule has 4 rings (SSSR count). The van der Waals surface area contributed by atoms with Crippen LogP contribution in [0, 0.1) is 0 Å². The zero-order chi connectivity index (χ0) is 25.0. The van der Waals surface area contributed by atoms with Crippen molar-refractivity contribution in [1.82, 2.24) is 4.98 Å². The largest absolute Gasteiger partial charge is 0.513 e. The van der Waals surface area contributed by atoms with Crippen LogP contribution in [0.5, 0.6) is 5.88 Å². The van der Waals surface area contributed by atoms with Gasteiger partial charge in [0.05, 0.1) is 29.3 Å². The number of hydrogen-bond donors (Lipinski definition) is 1. The number of nitrogens with one attached hydrogen (secondary N) is 1. The first-order valence-corrected chi connectivity index (χ1v) is 10.9. The Labute approximate surface area is 200 Å². The SMILES string of the molecule is CCOC(=O)OC1=C(C)Nc2ccnc(OCc3ccccc3)c2C1c1ccccc1C(F)(F)F. The van der Waals surface area contributed by atoms with Crippen molar-refractivity contribution in [3.63, 3.8) is 0 Å². The van der Waals surface area contributed by atoms with Crippen LogP contribution in [-0.2, 0) is 22.3 Å². The molecule has 6 nitrogen and oxygen atoms in total. The minimum Gasteiger partial charge on any atom is -0.473 e. The van der Waals surface area contributed by atoms with Crippen molar-refractivity contribution in [3.05, 3.63) is 101 Å². The molecule has 0 fully saturated rings. The minimum absolute atomic E-state index is 0.0230. The molecule has 2 aromatic carbocycles. The quantitative estimate of drug-likeness (QED) is 0.396. The molecular weight excluding hydrogens is 461 g/mol. The summed E-state index contributed by atoms with van der Waals surface area (Å²) in [5, 5.41) is 3.10. The standard InChI is InChI=1S/C26H23F3N2O4/c1-3-33-25(32)35-23-16(2)31-20-13-14-30-24(34-15-17-9-5-4-6-10-17)22(20)21(23)18-11-7-8-12-19(18)26(27,28)29/h4-14,21,31H,3,15H2,1-2H3. The predicted octanol–water partition coefficient (Wildman–Crippen LogP) is 6.64. The molecule has 0 saturated heterocycles. The van der Waals surface area contributed by atoms with E-state index in [0.717, 1.165) is 11.6 Å². The Morgan fingerprint density at radius 1 is 1.06 bits per heavy atom. The highest BCUT2D eigenvalue weighted by atomic mass is 19.4. The topological polar surface area (TPSA) is 69.7 Å². The number of benzene rings is 2. The highest BCUT2D eigenvalue weighted by Gasteiger charge is 2.41. The molecule has 1 aliphatic rings. The van der Waals surface area contributed by atoms with Crippen LogP contribution in [0.2, 0.25) is 0 Å². The smallest absolute Gasteiger partial charge is 0.473 e. The number of hydrogen-bond acceptors (Lipinski definition) is 6. The summed E-state index contributed by atoms with van der Waals surface area (Å²) in [5.41, 5.74) is 1.10. The predicted molar refractivity (Wildman–Crippen MR) is 123 cm³/mol. The maximum Gasteiger partial charge on any atom is 0.513 e. The number of rotatable bonds is 6. The van der Waals surface area contributed by atoms with E-state index in [1.54, 1.807) is 19.9 Å². The molecule has 35 heavy (non-hydrogen) atoms. The first-order chi connectivity index (χ1) is 16.8. The monoisotopic (exact) mass is 484 g/mol. The van der Waals surface area contributed by atoms with E-state index < -0.39 is 23.8 Å². The van der Waals surface area contributed by atoms with Gasteiger partial charge in [-0.1, -0.05) is 48.5 Å². The summed E-state index contributed by atoms with van der Waals surface area (Å²) in [4.78, 5) is 16.6. The second-order valence-corrected chi connectivity index (χ2v) is 7.77. The lowest BCUT2D eigenvalue weighted by Crippen LogP contribution is -2.25. The van der Waals surface area contributed by atoms with E-state index in [-0.39, 0.29) is 30.4 Å². The van der Waals surface area contributed by atoms with Crippen molar-refractivity contribution in [2.24, 2.45) is 0 Å². The van der Waals surface area contributed by atoms with Crippen LogP contribution in [0.15, 0.2) is 78.3 Å². The minimum atomic E-state index is -4.64. The lowest BCUT2D eigenvalue weighted by molar-refractivity contribution is -0.138. The molecule has 0 spiro atoms. The lowest BCUT2D eigenvalue weighted by atomic mass is 9.83. The van der Waals surface area contributed by atoms with Gasteiger partial charge in [-0.05, 0) is 37.1 Å². The maximum atomic E-state index is 14.0. The number of carbonyl (C=O) groups excluding carboxylic acids is 1. The zero-order valence-electron chi connectivity index (χ0n) is 19.1. The third-order valence-corrected chi connectivity index (χ3v) is 5.45. The van der Waals surface area contributed by atoms with E-state index in [4.69, 9.17) is 14.2 Å². The van der Waals surface area contributed by atoms with E-state index in [0.29, 0.717) is 16.9 Å². The molecule has 2 heterocycles. The Bertz CT molecular complexity index is 1240. The van der Waals surface area contributed by atoms with Gasteiger partial charge < -0.3 is 19.5 Å². The van der Waals surface area contributed by atoms with Crippen molar-refractivity contribution in [1.29, 1.82) is 0 Å². The molecule has 0 amide bonds. The third kappa shape index (κ3) is 5.24. The van der Waals surface area contributed by atoms with Crippen molar-refractivity contribution < 1.29 is 32.2 Å². The highest BCUT2D eigenvalue weighted by Crippen LogP contribution is 2.49. The van der Waals surface area contributed by atoms with E-state index >= 15 is 0 Å². The Hall–Kier alpha value is -4.01. The number of anilines is 1. The van der Waals surface area contributed by atoms with Crippen molar-refractivity contribution in [2.45, 2.75) is 32.5 Å². The number of carbonyl (C=O) groups is 1. The molecule has 1 atom stereocenters. The number of alkyl halides is 3. The average molecular weight is 484 g/mol. The molecule has 0 radical (unpaired) electrons. The van der Waals surface area contributed by atoms with Gasteiger partial charge in [-0.2, -0.15) is 13.2 Å². The fourth-order valence-corrected chi connectivity index (χ4v) is 3.97. The van der Waals surface area contributed by atoms with Gasteiger partial charge in [0.2, 0.25) is 5.88 Å². The van der Waals surface area contributed by atoms with Crippen LogP contribution in [0.1, 0.15) is 42.0 Å². The van der Waals surface area contributed by atoms with Crippen molar-refractivity contribution >= 4 is 11.8 Å². The molecule has 0 saturated carbocycles. The molecule has 0 bridgehead atoms. The molecule has 1 N–H and O–H groups in total. The first-order valence-electron chi connectivity index (χ1n) is 10.9. The lowest BCUT2D eigenvalue weighted by Gasteiger charge is -2.32. The molecule has 1 aromatic heterocycles. The van der Waals surface area contributed by atoms with Gasteiger partial charge in [0.1, 0.15) is 12.4 Å². The number of ether oxygens (including phenoxy) is 3. The first kappa shape index (κ1) is 24.1. The van der Waals surface area contributed by atoms with E-state index in [2.05, 4.69) is 10.3 Å². The van der Waals surface area contributed by atoms with Crippen LogP contribution in [0.3, 0.4) is 0 Å². The Balaban J connectivity index is 1.86. The Morgan fingerprint density at radius 3 is 2.49 bits per heavy atom. The summed E-state index contributed by atoms with van der Waals surface area (Å²) < 4.78 is 58.5. The summed E-state index contributed by atoms with van der Waals surface area (Å²) in [6.07, 6.45) is -4.15. The molecule has 9 heteroatoms. The van der Waals surface area contributed by atoms with Gasteiger partial charge in [-0.3, -0.25) is 0 Å². The maximum absolute atomic E-state index is 14.0. The summed E-state index contributed by atoms with van der Waals surface area (Å²) in [6, 6.07) is 16.1. The normalized spacial score (nSPS) is 15.2. The summed E-state index contributed by atoms with van der Waals surface area (Å²) in [6.45, 7) is 3.42. The van der Waals surface area contributed by atoms with Crippen LogP contribution in [0.25, 0.3) is 0 Å². The zero-order valence-corrected chi connectivity index (χ0v) is 19.1. The number of aromatic nitrogens is 1. The number of allylic oxidation sites excluding steroid dienone is 2. The number of pyridine rings is 1. The molecule has 1 aliphatic heterocycles. The second-order valence-electron chi connectivity index (χ2n) is 7.77. The fraction of sp³-hybridized carbons (Fsp3) is 0.231. The van der Waals surface area contributed by atoms with Gasteiger partial charge in [-0.25, -0.2) is 9.78 Å². The Morgan fingerprint density at radius 2 is 1.77 bits per heavy atom. The van der Waals surface area contributed by atoms with Gasteiger partial charge >= 0.3 is 12.3 Å². The van der Waals surface area contributed by atoms with Crippen LogP contribution in [-0.4, -0.2) is 17.7 Å². The Kier molecular flexibility index (Phi) is 6.95. The van der Waals surface area contributed by atoms with Gasteiger partial charge in [0.25, 0.3) is 0 Å². The fourth-order valence-electron chi connectivity index (χ4n) is 3.97. The molecule has 3 aromatic rings. The number of halogens is 3. The van der Waals surface area contributed by atoms with E-state index in [1.165, 1.54) is 24.4 Å². The molecule has 182 valence electrons. The summed E-state index contributed by atoms with van der Waals surface area (Å²) >= 11 is 0. The van der Waals surface area contributed by atoms with Crippen LogP contribution in [0.4, 0.5) is 23.7 Å². The second kappa shape index (κ2) is 10.1. The van der Waals surface area contributed by atoms with Crippen molar-refractivity contribution in [2.75, 3.05) is 11.9 Å². The van der Waals surface area contributed by atoms with Crippen LogP contribution < -0.4 is 10.1 Å². The molecule has 0 aliphatic carbocycles. The number of nitrogens with zero attached hydrogens (tertiary/aromatic N) is 1. The van der Waals surface area contributed by atoms with Gasteiger partial charge in [-0.15, -0.1) is 0 Å². The molecule has 1 unspecified atom stereocenters. The number of fused-ring (bicyclic) bond motifs is 1. The average Bonchev–Trinajstić information content (AvgIpc) is 2.83. The third-order valence-electron chi connectivity index (χ3n) is 5.45. The van der Waals surface area contributed by atoms with Gasteiger partial charge in [0.15, 0.2) is 0 Å².